The maximum absolute atomic E-state index is 13.2. The molecule has 2 heterocycles. The zero-order chi connectivity index (χ0) is 27.2. The summed E-state index contributed by atoms with van der Waals surface area (Å²) in [6, 6.07) is 14.1. The van der Waals surface area contributed by atoms with Crippen LogP contribution in [0.2, 0.25) is 10.0 Å². The Balaban J connectivity index is 1.41. The van der Waals surface area contributed by atoms with E-state index in [-0.39, 0.29) is 16.2 Å². The van der Waals surface area contributed by atoms with Crippen LogP contribution in [0.15, 0.2) is 42.5 Å². The summed E-state index contributed by atoms with van der Waals surface area (Å²) in [5.41, 5.74) is 4.90. The molecule has 9 heteroatoms. The Morgan fingerprint density at radius 3 is 2.47 bits per heavy atom. The summed E-state index contributed by atoms with van der Waals surface area (Å²) in [5, 5.41) is 0.933. The number of rotatable bonds is 5. The molecule has 1 aromatic heterocycles. The third-order valence-corrected chi connectivity index (χ3v) is 10.2. The number of aromatic nitrogens is 2. The van der Waals surface area contributed by atoms with Crippen LogP contribution in [0.4, 0.5) is 5.95 Å². The van der Waals surface area contributed by atoms with Crippen molar-refractivity contribution in [2.45, 2.75) is 57.7 Å². The zero-order valence-electron chi connectivity index (χ0n) is 22.5. The molecule has 0 bridgehead atoms. The first-order chi connectivity index (χ1) is 18.0. The van der Waals surface area contributed by atoms with Crippen LogP contribution in [-0.2, 0) is 17.8 Å². The highest BCUT2D eigenvalue weighted by atomic mass is 35.5. The van der Waals surface area contributed by atoms with Gasteiger partial charge in [-0.15, -0.1) is 4.72 Å². The van der Waals surface area contributed by atoms with Gasteiger partial charge >= 0.3 is 0 Å². The standard InChI is InChI=1S/C29H34Cl2N4O2S/c1-18-23(21-11-8-12-22(30)24(21)31)26(37-5)33-27(32-18)35-15-13-29(14-16-35)17-19-9-6-7-10-20(19)25(29)34-38(36)28(2,3)4/h6-12,25,34H,13-17H2,1-5H3/t25-,38?/m1/s1. The first kappa shape index (κ1) is 27.5. The van der Waals surface area contributed by atoms with Crippen molar-refractivity contribution in [1.29, 1.82) is 0 Å². The van der Waals surface area contributed by atoms with Gasteiger partial charge in [0.2, 0.25) is 11.8 Å². The van der Waals surface area contributed by atoms with Crippen molar-refractivity contribution in [3.05, 3.63) is 69.3 Å². The van der Waals surface area contributed by atoms with Crippen LogP contribution in [0, 0.1) is 12.3 Å². The quantitative estimate of drug-likeness (QED) is 0.343. The third kappa shape index (κ3) is 5.00. The number of piperidine rings is 1. The van der Waals surface area contributed by atoms with Crippen LogP contribution < -0.4 is 14.4 Å². The first-order valence-electron chi connectivity index (χ1n) is 12.9. The number of benzene rings is 2. The summed E-state index contributed by atoms with van der Waals surface area (Å²) >= 11 is 11.6. The summed E-state index contributed by atoms with van der Waals surface area (Å²) in [7, 11) is 1.61. The van der Waals surface area contributed by atoms with Crippen LogP contribution in [0.5, 0.6) is 5.88 Å². The van der Waals surface area contributed by atoms with E-state index in [1.54, 1.807) is 13.2 Å². The Kier molecular flexibility index (Phi) is 7.61. The van der Waals surface area contributed by atoms with E-state index in [1.807, 2.05) is 39.8 Å². The topological polar surface area (TPSA) is 73.3 Å². The molecule has 3 aromatic rings. The number of aryl methyl sites for hydroxylation is 1. The van der Waals surface area contributed by atoms with Gasteiger partial charge in [0.1, 0.15) is 4.75 Å². The zero-order valence-corrected chi connectivity index (χ0v) is 24.8. The van der Waals surface area contributed by atoms with Crippen molar-refractivity contribution in [2.75, 3.05) is 25.1 Å². The Labute approximate surface area is 238 Å². The fourth-order valence-electron chi connectivity index (χ4n) is 5.71. The normalized spacial score (nSPS) is 19.5. The number of halogens is 2. The Morgan fingerprint density at radius 2 is 1.79 bits per heavy atom. The van der Waals surface area contributed by atoms with Crippen LogP contribution in [0.25, 0.3) is 11.1 Å². The lowest BCUT2D eigenvalue weighted by Gasteiger charge is -2.44. The van der Waals surface area contributed by atoms with E-state index >= 15 is 0 Å². The van der Waals surface area contributed by atoms with Crippen LogP contribution in [0.3, 0.4) is 0 Å². The lowest BCUT2D eigenvalue weighted by Crippen LogP contribution is -2.50. The molecule has 2 aromatic carbocycles. The second-order valence-corrected chi connectivity index (χ2v) is 14.0. The number of nitrogens with zero attached hydrogens (tertiary/aromatic N) is 3. The lowest BCUT2D eigenvalue weighted by molar-refractivity contribution is 0.175. The average molecular weight is 574 g/mol. The van der Waals surface area contributed by atoms with Gasteiger partial charge in [0, 0.05) is 35.4 Å². The Morgan fingerprint density at radius 1 is 1.08 bits per heavy atom. The number of nitrogens with one attached hydrogen (secondary N) is 1. The molecule has 1 saturated heterocycles. The smallest absolute Gasteiger partial charge is 0.228 e. The van der Waals surface area contributed by atoms with E-state index < -0.39 is 11.4 Å². The van der Waals surface area contributed by atoms with Crippen molar-refractivity contribution in [1.82, 2.24) is 14.7 Å². The SMILES string of the molecule is COc1nc(N2CCC3(CC2)Cc2ccccc2[C@H]3N[S+]([O-])C(C)(C)C)nc(C)c1-c1cccc(Cl)c1Cl. The lowest BCUT2D eigenvalue weighted by atomic mass is 9.73. The second-order valence-electron chi connectivity index (χ2n) is 11.3. The summed E-state index contributed by atoms with van der Waals surface area (Å²) in [6.45, 7) is 9.59. The number of methoxy groups -OCH3 is 1. The largest absolute Gasteiger partial charge is 0.598 e. The molecule has 1 N–H and O–H groups in total. The Hall–Kier alpha value is -2.03. The van der Waals surface area contributed by atoms with Gasteiger partial charge in [0.25, 0.3) is 0 Å². The highest BCUT2D eigenvalue weighted by Gasteiger charge is 2.50. The molecule has 202 valence electrons. The van der Waals surface area contributed by atoms with E-state index in [0.717, 1.165) is 49.2 Å². The molecular formula is C29H34Cl2N4O2S. The monoisotopic (exact) mass is 572 g/mol. The van der Waals surface area contributed by atoms with Crippen LogP contribution in [0.1, 0.15) is 56.5 Å². The molecule has 38 heavy (non-hydrogen) atoms. The van der Waals surface area contributed by atoms with Gasteiger partial charge in [-0.25, -0.2) is 4.98 Å². The van der Waals surface area contributed by atoms with Crippen molar-refractivity contribution < 1.29 is 9.29 Å². The van der Waals surface area contributed by atoms with E-state index in [9.17, 15) is 4.55 Å². The molecule has 0 radical (unpaired) electrons. The van der Waals surface area contributed by atoms with E-state index in [1.165, 1.54) is 11.1 Å². The fourth-order valence-corrected chi connectivity index (χ4v) is 7.05. The minimum atomic E-state index is -1.16. The van der Waals surface area contributed by atoms with Crippen LogP contribution in [-0.4, -0.2) is 39.5 Å². The molecule has 1 aliphatic carbocycles. The van der Waals surface area contributed by atoms with Crippen LogP contribution >= 0.6 is 23.2 Å². The van der Waals surface area contributed by atoms with E-state index in [4.69, 9.17) is 37.9 Å². The average Bonchev–Trinajstić information content (AvgIpc) is 3.17. The number of anilines is 1. The highest BCUT2D eigenvalue weighted by molar-refractivity contribution is 7.90. The maximum Gasteiger partial charge on any atom is 0.228 e. The minimum Gasteiger partial charge on any atom is -0.598 e. The van der Waals surface area contributed by atoms with E-state index in [0.29, 0.717) is 21.9 Å². The molecule has 1 unspecified atom stereocenters. The maximum atomic E-state index is 13.2. The molecule has 5 rings (SSSR count). The fraction of sp³-hybridized carbons (Fsp3) is 0.448. The van der Waals surface area contributed by atoms with Gasteiger partial charge in [-0.05, 0) is 64.2 Å². The molecular weight excluding hydrogens is 539 g/mol. The number of hydrogen-bond donors (Lipinski definition) is 1. The van der Waals surface area contributed by atoms with Gasteiger partial charge < -0.3 is 14.2 Å². The van der Waals surface area contributed by atoms with Gasteiger partial charge in [-0.2, -0.15) is 4.98 Å². The predicted octanol–water partition coefficient (Wildman–Crippen LogP) is 6.70. The van der Waals surface area contributed by atoms with Crippen molar-refractivity contribution in [3.8, 4) is 17.0 Å². The molecule has 1 fully saturated rings. The van der Waals surface area contributed by atoms with E-state index in [2.05, 4.69) is 33.9 Å². The van der Waals surface area contributed by atoms with Gasteiger partial charge in [-0.3, -0.25) is 0 Å². The number of fused-ring (bicyclic) bond motifs is 1. The molecule has 1 aliphatic heterocycles. The number of hydrogen-bond acceptors (Lipinski definition) is 6. The summed E-state index contributed by atoms with van der Waals surface area (Å²) in [5.74, 6) is 1.12. The highest BCUT2D eigenvalue weighted by Crippen LogP contribution is 2.53. The molecule has 0 amide bonds. The van der Waals surface area contributed by atoms with Gasteiger partial charge in [0.05, 0.1) is 34.5 Å². The first-order valence-corrected chi connectivity index (χ1v) is 14.8. The minimum absolute atomic E-state index is 0.00547. The third-order valence-electron chi connectivity index (χ3n) is 7.80. The number of ether oxygens (including phenoxy) is 1. The summed E-state index contributed by atoms with van der Waals surface area (Å²) in [4.78, 5) is 11.9. The Bertz CT molecular complexity index is 1340. The van der Waals surface area contributed by atoms with Crippen molar-refractivity contribution in [2.24, 2.45) is 5.41 Å². The van der Waals surface area contributed by atoms with Crippen molar-refractivity contribution >= 4 is 40.5 Å². The van der Waals surface area contributed by atoms with Gasteiger partial charge in [-0.1, -0.05) is 59.6 Å². The van der Waals surface area contributed by atoms with Crippen molar-refractivity contribution in [3.63, 3.8) is 0 Å². The molecule has 2 atom stereocenters. The molecule has 6 nitrogen and oxygen atoms in total. The molecule has 1 spiro atoms. The molecule has 2 aliphatic rings. The second kappa shape index (κ2) is 10.5. The summed E-state index contributed by atoms with van der Waals surface area (Å²) in [6.07, 6.45) is 2.85. The summed E-state index contributed by atoms with van der Waals surface area (Å²) < 4.78 is 22.1. The predicted molar refractivity (Wildman–Crippen MR) is 157 cm³/mol. The molecule has 0 saturated carbocycles. The van der Waals surface area contributed by atoms with Gasteiger partial charge in [0.15, 0.2) is 0 Å².